The van der Waals surface area contributed by atoms with Gasteiger partial charge in [0.2, 0.25) is 0 Å². The lowest BCUT2D eigenvalue weighted by Crippen LogP contribution is -2.69. The summed E-state index contributed by atoms with van der Waals surface area (Å²) in [6.45, 7) is 3.98. The molecule has 39 heavy (non-hydrogen) atoms. The third-order valence-corrected chi connectivity index (χ3v) is 12.0. The smallest absolute Gasteiger partial charge is 0.331 e. The van der Waals surface area contributed by atoms with Crippen LogP contribution < -0.4 is 0 Å². The highest BCUT2D eigenvalue weighted by Crippen LogP contribution is 2.70. The van der Waals surface area contributed by atoms with E-state index in [-0.39, 0.29) is 36.8 Å². The number of carbonyl (C=O) groups is 2. The van der Waals surface area contributed by atoms with Gasteiger partial charge in [-0.3, -0.25) is 0 Å². The van der Waals surface area contributed by atoms with E-state index in [2.05, 4.69) is 6.92 Å². The van der Waals surface area contributed by atoms with Gasteiger partial charge in [-0.15, -0.1) is 0 Å². The van der Waals surface area contributed by atoms with Gasteiger partial charge >= 0.3 is 5.97 Å². The van der Waals surface area contributed by atoms with Gasteiger partial charge in [0.15, 0.2) is 6.29 Å². The third-order valence-electron chi connectivity index (χ3n) is 12.0. The Bertz CT molecular complexity index is 1050. The van der Waals surface area contributed by atoms with Crippen molar-refractivity contribution in [2.24, 2.45) is 28.6 Å². The van der Waals surface area contributed by atoms with E-state index in [0.717, 1.165) is 18.3 Å². The zero-order chi connectivity index (χ0) is 28.0. The molecule has 6 rings (SSSR count). The molecule has 4 saturated carbocycles. The van der Waals surface area contributed by atoms with Gasteiger partial charge in [-0.25, -0.2) is 4.79 Å². The van der Waals surface area contributed by atoms with Gasteiger partial charge < -0.3 is 44.5 Å². The second-order valence-corrected chi connectivity index (χ2v) is 13.4. The number of rotatable bonds is 4. The fourth-order valence-electron chi connectivity index (χ4n) is 9.75. The summed E-state index contributed by atoms with van der Waals surface area (Å²) in [7, 11) is 0. The number of cyclic esters (lactones) is 1. The summed E-state index contributed by atoms with van der Waals surface area (Å²) in [5.74, 6) is -0.616. The first-order chi connectivity index (χ1) is 18.4. The zero-order valence-electron chi connectivity index (χ0n) is 22.7. The summed E-state index contributed by atoms with van der Waals surface area (Å²) < 4.78 is 16.9. The van der Waals surface area contributed by atoms with E-state index < -0.39 is 58.8 Å². The Labute approximate surface area is 228 Å². The van der Waals surface area contributed by atoms with Crippen molar-refractivity contribution >= 4 is 12.3 Å². The average molecular weight is 551 g/mol. The maximum Gasteiger partial charge on any atom is 0.331 e. The van der Waals surface area contributed by atoms with Crippen LogP contribution in [-0.4, -0.2) is 92.4 Å². The number of aliphatic hydroxyl groups excluding tert-OH is 3. The number of aldehydes is 1. The molecule has 0 aromatic carbocycles. The Morgan fingerprint density at radius 1 is 0.974 bits per heavy atom. The minimum Gasteiger partial charge on any atom is -0.458 e. The first kappa shape index (κ1) is 27.8. The van der Waals surface area contributed by atoms with Crippen molar-refractivity contribution < 1.29 is 49.3 Å². The largest absolute Gasteiger partial charge is 0.458 e. The van der Waals surface area contributed by atoms with Crippen LogP contribution in [-0.2, 0) is 23.8 Å². The molecule has 0 radical (unpaired) electrons. The second kappa shape index (κ2) is 9.31. The molecule has 218 valence electrons. The molecule has 5 fully saturated rings. The van der Waals surface area contributed by atoms with Crippen LogP contribution in [0.3, 0.4) is 0 Å². The number of fused-ring (bicyclic) bond motifs is 5. The molecule has 13 atom stereocenters. The first-order valence-electron chi connectivity index (χ1n) is 14.5. The number of ether oxygens (including phenoxy) is 3. The lowest BCUT2D eigenvalue weighted by Gasteiger charge is -2.65. The van der Waals surface area contributed by atoms with Crippen molar-refractivity contribution in [1.29, 1.82) is 0 Å². The zero-order valence-corrected chi connectivity index (χ0v) is 22.7. The van der Waals surface area contributed by atoms with Crippen molar-refractivity contribution in [3.63, 3.8) is 0 Å². The fraction of sp³-hybridized carbons (Fsp3) is 0.862. The SMILES string of the molecule is C[C@@H]1O[C@@H](O[C@@H]2CC[C@]3(C=O)[C@@H]4CC[C@]5(C)[C@H](C6=CC(=O)OC6)CC[C@@]5(O)[C@@H]4CC[C@@]3(O)C2)[C@H](O)[C@@H](O)[C@@H]1O. The molecule has 1 saturated heterocycles. The summed E-state index contributed by atoms with van der Waals surface area (Å²) >= 11 is 0. The molecule has 6 aliphatic rings. The van der Waals surface area contributed by atoms with Crippen LogP contribution in [0.4, 0.5) is 0 Å². The molecule has 0 spiro atoms. The molecule has 0 aromatic rings. The normalized spacial score (nSPS) is 55.2. The predicted octanol–water partition coefficient (Wildman–Crippen LogP) is 0.750. The predicted molar refractivity (Wildman–Crippen MR) is 135 cm³/mol. The van der Waals surface area contributed by atoms with Gasteiger partial charge in [0.05, 0.1) is 28.8 Å². The van der Waals surface area contributed by atoms with E-state index in [9.17, 15) is 35.1 Å². The highest BCUT2D eigenvalue weighted by atomic mass is 16.7. The van der Waals surface area contributed by atoms with Crippen molar-refractivity contribution in [2.45, 2.75) is 120 Å². The maximum absolute atomic E-state index is 13.0. The number of hydrogen-bond acceptors (Lipinski definition) is 10. The van der Waals surface area contributed by atoms with Crippen LogP contribution in [0, 0.1) is 28.6 Å². The van der Waals surface area contributed by atoms with Gasteiger partial charge in [-0.1, -0.05) is 6.92 Å². The lowest BCUT2D eigenvalue weighted by atomic mass is 9.41. The number of hydrogen-bond donors (Lipinski definition) is 5. The quantitative estimate of drug-likeness (QED) is 0.192. The minimum atomic E-state index is -1.43. The fourth-order valence-corrected chi connectivity index (χ4v) is 9.75. The van der Waals surface area contributed by atoms with Crippen LogP contribution in [0.1, 0.15) is 71.6 Å². The lowest BCUT2D eigenvalue weighted by molar-refractivity contribution is -0.317. The van der Waals surface area contributed by atoms with Crippen molar-refractivity contribution in [1.82, 2.24) is 0 Å². The molecule has 0 bridgehead atoms. The number of carbonyl (C=O) groups excluding carboxylic acids is 2. The highest BCUT2D eigenvalue weighted by Gasteiger charge is 2.71. The Morgan fingerprint density at radius 3 is 2.41 bits per heavy atom. The van der Waals surface area contributed by atoms with Crippen molar-refractivity contribution in [3.8, 4) is 0 Å². The van der Waals surface area contributed by atoms with Crippen LogP contribution in [0.5, 0.6) is 0 Å². The summed E-state index contributed by atoms with van der Waals surface area (Å²) in [5.41, 5.74) is -2.86. The van der Waals surface area contributed by atoms with Crippen molar-refractivity contribution in [3.05, 3.63) is 11.6 Å². The Morgan fingerprint density at radius 2 is 1.72 bits per heavy atom. The van der Waals surface area contributed by atoms with Gasteiger partial charge in [-0.2, -0.15) is 0 Å². The molecule has 0 amide bonds. The van der Waals surface area contributed by atoms with Crippen LogP contribution in [0.2, 0.25) is 0 Å². The molecule has 10 heteroatoms. The molecular formula is C29H42O10. The molecule has 0 aromatic heterocycles. The van der Waals surface area contributed by atoms with Gasteiger partial charge in [0.25, 0.3) is 0 Å². The van der Waals surface area contributed by atoms with E-state index in [4.69, 9.17) is 14.2 Å². The molecule has 10 nitrogen and oxygen atoms in total. The minimum absolute atomic E-state index is 0.0465. The van der Waals surface area contributed by atoms with Crippen LogP contribution in [0.15, 0.2) is 11.6 Å². The average Bonchev–Trinajstić information content (AvgIpc) is 3.45. The van der Waals surface area contributed by atoms with E-state index >= 15 is 0 Å². The summed E-state index contributed by atoms with van der Waals surface area (Å²) in [5, 5.41) is 55.0. The summed E-state index contributed by atoms with van der Waals surface area (Å²) in [4.78, 5) is 24.8. The Hall–Kier alpha value is -1.40. The highest BCUT2D eigenvalue weighted by molar-refractivity contribution is 5.85. The molecule has 2 heterocycles. The van der Waals surface area contributed by atoms with Gasteiger partial charge in [0.1, 0.15) is 31.2 Å². The first-order valence-corrected chi connectivity index (χ1v) is 14.5. The molecule has 2 aliphatic heterocycles. The summed E-state index contributed by atoms with van der Waals surface area (Å²) in [6.07, 6.45) is 0.689. The van der Waals surface area contributed by atoms with Crippen LogP contribution in [0.25, 0.3) is 0 Å². The van der Waals surface area contributed by atoms with Gasteiger partial charge in [0, 0.05) is 17.9 Å². The second-order valence-electron chi connectivity index (χ2n) is 13.4. The molecule has 0 unspecified atom stereocenters. The maximum atomic E-state index is 13.0. The topological polar surface area (TPSA) is 163 Å². The third kappa shape index (κ3) is 3.78. The monoisotopic (exact) mass is 550 g/mol. The Balaban J connectivity index is 1.22. The van der Waals surface area contributed by atoms with Crippen LogP contribution >= 0.6 is 0 Å². The summed E-state index contributed by atoms with van der Waals surface area (Å²) in [6, 6.07) is 0. The number of esters is 1. The van der Waals surface area contributed by atoms with E-state index in [1.807, 2.05) is 0 Å². The Kier molecular flexibility index (Phi) is 6.62. The molecular weight excluding hydrogens is 508 g/mol. The molecule has 5 N–H and O–H groups in total. The van der Waals surface area contributed by atoms with Crippen molar-refractivity contribution in [2.75, 3.05) is 6.61 Å². The van der Waals surface area contributed by atoms with E-state index in [1.165, 1.54) is 0 Å². The molecule has 4 aliphatic carbocycles. The number of aliphatic hydroxyl groups is 5. The standard InChI is InChI=1S/C29H42O10/c1-15-22(32)23(33)24(34)25(38-15)39-17-3-8-27(14-30)19-4-7-26(2)18(16-11-21(31)37-13-16)6-10-29(26,36)20(19)5-9-28(27,35)12-17/h11,14-15,17-20,22-25,32-36H,3-10,12-13H2,1-2H3/t15-,17+,18-,19+,20+,22+,23-,24+,25-,26+,27-,28+,29+/m0/s1. The van der Waals surface area contributed by atoms with E-state index in [1.54, 1.807) is 13.0 Å². The van der Waals surface area contributed by atoms with Gasteiger partial charge in [-0.05, 0) is 81.6 Å². The van der Waals surface area contributed by atoms with E-state index in [0.29, 0.717) is 44.9 Å².